The van der Waals surface area contributed by atoms with Crippen molar-refractivity contribution in [3.05, 3.63) is 71.3 Å². The third-order valence-corrected chi connectivity index (χ3v) is 3.31. The van der Waals surface area contributed by atoms with Crippen LogP contribution in [0.25, 0.3) is 0 Å². The van der Waals surface area contributed by atoms with E-state index >= 15 is 0 Å². The topological polar surface area (TPSA) is 29.1 Å². The van der Waals surface area contributed by atoms with Crippen molar-refractivity contribution in [2.75, 3.05) is 0 Å². The van der Waals surface area contributed by atoms with Crippen LogP contribution in [0.5, 0.6) is 0 Å². The minimum atomic E-state index is -0.0334. The molecule has 92 valence electrons. The third-order valence-electron chi connectivity index (χ3n) is 2.70. The molecular formula is C15H14BrNO. The highest BCUT2D eigenvalue weighted by atomic mass is 79.9. The molecule has 0 fully saturated rings. The van der Waals surface area contributed by atoms with Gasteiger partial charge in [0.15, 0.2) is 0 Å². The highest BCUT2D eigenvalue weighted by Crippen LogP contribution is 2.12. The van der Waals surface area contributed by atoms with Crippen molar-refractivity contribution >= 4 is 21.8 Å². The number of hydrogen-bond donors (Lipinski definition) is 1. The number of nitrogens with one attached hydrogen (secondary N) is 1. The second-order valence-corrected chi connectivity index (χ2v) is 4.52. The Hall–Kier alpha value is -1.61. The summed E-state index contributed by atoms with van der Waals surface area (Å²) >= 11 is 3.39. The molecule has 2 aromatic rings. The van der Waals surface area contributed by atoms with Gasteiger partial charge in [0.25, 0.3) is 5.91 Å². The number of hydrogen-bond acceptors (Lipinski definition) is 1. The first-order valence-corrected chi connectivity index (χ1v) is 6.89. The molecule has 1 amide bonds. The van der Waals surface area contributed by atoms with Crippen LogP contribution in [0.1, 0.15) is 21.5 Å². The van der Waals surface area contributed by atoms with Crippen LogP contribution in [0.3, 0.4) is 0 Å². The lowest BCUT2D eigenvalue weighted by molar-refractivity contribution is 0.0950. The van der Waals surface area contributed by atoms with Gasteiger partial charge in [0.1, 0.15) is 0 Å². The molecule has 0 spiro atoms. The fraction of sp³-hybridized carbons (Fsp3) is 0.133. The molecular weight excluding hydrogens is 290 g/mol. The summed E-state index contributed by atoms with van der Waals surface area (Å²) in [5.41, 5.74) is 2.83. The number of rotatable bonds is 4. The zero-order valence-electron chi connectivity index (χ0n) is 9.90. The lowest BCUT2D eigenvalue weighted by Gasteiger charge is -2.08. The molecule has 0 unspecified atom stereocenters. The Morgan fingerprint density at radius 1 is 1.00 bits per heavy atom. The lowest BCUT2D eigenvalue weighted by atomic mass is 10.1. The molecule has 18 heavy (non-hydrogen) atoms. The van der Waals surface area contributed by atoms with Crippen molar-refractivity contribution in [3.8, 4) is 0 Å². The van der Waals surface area contributed by atoms with Crippen LogP contribution in [0, 0.1) is 0 Å². The summed E-state index contributed by atoms with van der Waals surface area (Å²) < 4.78 is 0. The van der Waals surface area contributed by atoms with Gasteiger partial charge in [0, 0.05) is 17.4 Å². The van der Waals surface area contributed by atoms with Crippen molar-refractivity contribution in [2.45, 2.75) is 11.9 Å². The highest BCUT2D eigenvalue weighted by molar-refractivity contribution is 9.08. The second kappa shape index (κ2) is 6.36. The van der Waals surface area contributed by atoms with Crippen molar-refractivity contribution in [2.24, 2.45) is 0 Å². The minimum absolute atomic E-state index is 0.0334. The lowest BCUT2D eigenvalue weighted by Crippen LogP contribution is -2.23. The summed E-state index contributed by atoms with van der Waals surface area (Å²) in [6, 6.07) is 17.5. The molecule has 1 N–H and O–H groups in total. The van der Waals surface area contributed by atoms with Crippen molar-refractivity contribution in [1.29, 1.82) is 0 Å². The van der Waals surface area contributed by atoms with Crippen LogP contribution < -0.4 is 5.32 Å². The Labute approximate surface area is 115 Å². The van der Waals surface area contributed by atoms with Crippen molar-refractivity contribution in [1.82, 2.24) is 5.32 Å². The first-order valence-electron chi connectivity index (χ1n) is 5.77. The fourth-order valence-corrected chi connectivity index (χ4v) is 2.22. The van der Waals surface area contributed by atoms with Gasteiger partial charge in [0.2, 0.25) is 0 Å². The largest absolute Gasteiger partial charge is 0.348 e. The van der Waals surface area contributed by atoms with Gasteiger partial charge in [0.05, 0.1) is 0 Å². The van der Waals surface area contributed by atoms with Gasteiger partial charge in [-0.25, -0.2) is 0 Å². The van der Waals surface area contributed by atoms with E-state index in [9.17, 15) is 4.79 Å². The van der Waals surface area contributed by atoms with E-state index in [1.54, 1.807) is 0 Å². The molecule has 2 nitrogen and oxygen atoms in total. The molecule has 0 bridgehead atoms. The minimum Gasteiger partial charge on any atom is -0.348 e. The van der Waals surface area contributed by atoms with Crippen LogP contribution in [-0.4, -0.2) is 5.91 Å². The number of carbonyl (C=O) groups is 1. The monoisotopic (exact) mass is 303 g/mol. The quantitative estimate of drug-likeness (QED) is 0.861. The molecule has 0 saturated heterocycles. The van der Waals surface area contributed by atoms with Gasteiger partial charge in [-0.3, -0.25) is 4.79 Å². The number of alkyl halides is 1. The Morgan fingerprint density at radius 2 is 1.67 bits per heavy atom. The summed E-state index contributed by atoms with van der Waals surface area (Å²) in [5.74, 6) is -0.0334. The first kappa shape index (κ1) is 12.8. The molecule has 0 aromatic heterocycles. The molecule has 0 atom stereocenters. The normalized spacial score (nSPS) is 10.1. The Kier molecular flexibility index (Phi) is 4.53. The van der Waals surface area contributed by atoms with Gasteiger partial charge < -0.3 is 5.32 Å². The van der Waals surface area contributed by atoms with E-state index in [-0.39, 0.29) is 5.91 Å². The van der Waals surface area contributed by atoms with Crippen LogP contribution >= 0.6 is 15.9 Å². The molecule has 0 aliphatic carbocycles. The van der Waals surface area contributed by atoms with Gasteiger partial charge in [-0.05, 0) is 17.2 Å². The van der Waals surface area contributed by atoms with Crippen LogP contribution in [-0.2, 0) is 11.9 Å². The summed E-state index contributed by atoms with van der Waals surface area (Å²) in [6.07, 6.45) is 0. The molecule has 0 heterocycles. The Balaban J connectivity index is 2.04. The highest BCUT2D eigenvalue weighted by Gasteiger charge is 2.09. The maximum atomic E-state index is 12.1. The van der Waals surface area contributed by atoms with E-state index in [1.807, 2.05) is 54.6 Å². The van der Waals surface area contributed by atoms with Gasteiger partial charge in [-0.15, -0.1) is 0 Å². The van der Waals surface area contributed by atoms with E-state index in [0.717, 1.165) is 16.7 Å². The van der Waals surface area contributed by atoms with Crippen molar-refractivity contribution in [3.63, 3.8) is 0 Å². The van der Waals surface area contributed by atoms with Gasteiger partial charge >= 0.3 is 0 Å². The molecule has 0 radical (unpaired) electrons. The zero-order chi connectivity index (χ0) is 12.8. The third kappa shape index (κ3) is 3.20. The van der Waals surface area contributed by atoms with E-state index in [0.29, 0.717) is 11.9 Å². The fourth-order valence-electron chi connectivity index (χ4n) is 1.73. The molecule has 0 saturated carbocycles. The number of benzene rings is 2. The summed E-state index contributed by atoms with van der Waals surface area (Å²) in [6.45, 7) is 0.552. The molecule has 0 aliphatic heterocycles. The summed E-state index contributed by atoms with van der Waals surface area (Å²) in [4.78, 5) is 12.1. The molecule has 2 aromatic carbocycles. The first-order chi connectivity index (χ1) is 8.81. The Morgan fingerprint density at radius 3 is 2.39 bits per heavy atom. The predicted octanol–water partition coefficient (Wildman–Crippen LogP) is 3.51. The second-order valence-electron chi connectivity index (χ2n) is 3.96. The standard InChI is InChI=1S/C15H14BrNO/c16-10-13-8-4-5-9-14(13)15(18)17-11-12-6-2-1-3-7-12/h1-9H,10-11H2,(H,17,18). The molecule has 2 rings (SSSR count). The maximum Gasteiger partial charge on any atom is 0.251 e. The number of carbonyl (C=O) groups excluding carboxylic acids is 1. The van der Waals surface area contributed by atoms with E-state index < -0.39 is 0 Å². The predicted molar refractivity (Wildman–Crippen MR) is 76.7 cm³/mol. The van der Waals surface area contributed by atoms with Gasteiger partial charge in [-0.2, -0.15) is 0 Å². The SMILES string of the molecule is O=C(NCc1ccccc1)c1ccccc1CBr. The molecule has 0 aliphatic rings. The number of amides is 1. The zero-order valence-corrected chi connectivity index (χ0v) is 11.5. The average molecular weight is 304 g/mol. The van der Waals surface area contributed by atoms with Crippen LogP contribution in [0.2, 0.25) is 0 Å². The Bertz CT molecular complexity index is 525. The van der Waals surface area contributed by atoms with Gasteiger partial charge in [-0.1, -0.05) is 64.5 Å². The van der Waals surface area contributed by atoms with Crippen LogP contribution in [0.4, 0.5) is 0 Å². The molecule has 3 heteroatoms. The number of halogens is 1. The smallest absolute Gasteiger partial charge is 0.251 e. The maximum absolute atomic E-state index is 12.1. The van der Waals surface area contributed by atoms with Crippen LogP contribution in [0.15, 0.2) is 54.6 Å². The average Bonchev–Trinajstić information content (AvgIpc) is 2.45. The van der Waals surface area contributed by atoms with E-state index in [1.165, 1.54) is 0 Å². The summed E-state index contributed by atoms with van der Waals surface area (Å²) in [7, 11) is 0. The van der Waals surface area contributed by atoms with E-state index in [4.69, 9.17) is 0 Å². The summed E-state index contributed by atoms with van der Waals surface area (Å²) in [5, 5.41) is 3.61. The van der Waals surface area contributed by atoms with Crippen molar-refractivity contribution < 1.29 is 4.79 Å². The van der Waals surface area contributed by atoms with E-state index in [2.05, 4.69) is 21.2 Å².